The third-order valence-corrected chi connectivity index (χ3v) is 3.20. The molecule has 0 spiro atoms. The van der Waals surface area contributed by atoms with E-state index in [0.717, 1.165) is 22.8 Å². The van der Waals surface area contributed by atoms with Gasteiger partial charge in [-0.25, -0.2) is 4.39 Å². The predicted molar refractivity (Wildman–Crippen MR) is 73.6 cm³/mol. The zero-order valence-electron chi connectivity index (χ0n) is 10.3. The van der Waals surface area contributed by atoms with Crippen LogP contribution < -0.4 is 4.90 Å². The summed E-state index contributed by atoms with van der Waals surface area (Å²) in [4.78, 5) is 2.80. The molecule has 0 aromatic heterocycles. The molecule has 0 atom stereocenters. The van der Waals surface area contributed by atoms with Crippen LogP contribution in [0.15, 0.2) is 36.0 Å². The predicted octanol–water partition coefficient (Wildman–Crippen LogP) is 4.29. The van der Waals surface area contributed by atoms with Gasteiger partial charge in [-0.15, -0.1) is 0 Å². The average Bonchev–Trinajstić information content (AvgIpc) is 2.13. The lowest BCUT2D eigenvalue weighted by Crippen LogP contribution is -2.36. The third-order valence-electron chi connectivity index (χ3n) is 2.87. The first-order valence-corrected chi connectivity index (χ1v) is 6.08. The molecule has 0 fully saturated rings. The molecular weight excluding hydrogens is 233 g/mol. The van der Waals surface area contributed by atoms with E-state index in [-0.39, 0.29) is 11.2 Å². The van der Waals surface area contributed by atoms with Crippen LogP contribution in [0.1, 0.15) is 27.2 Å². The second-order valence-corrected chi connectivity index (χ2v) is 5.63. The summed E-state index contributed by atoms with van der Waals surface area (Å²) in [6.07, 6.45) is 3.00. The van der Waals surface area contributed by atoms with Crippen molar-refractivity contribution in [2.45, 2.75) is 27.2 Å². The first-order chi connectivity index (χ1) is 7.89. The van der Waals surface area contributed by atoms with Crippen molar-refractivity contribution in [3.63, 3.8) is 0 Å². The molecule has 1 nitrogen and oxygen atoms in total. The Bertz CT molecular complexity index is 491. The molecule has 1 aliphatic heterocycles. The standard InChI is InChI=1S/C14H16FNS/c1-10-8-14(2,3)9-13(17)16(10)12-6-4-5-11(15)7-12/h4-8H,9H2,1-3H3. The highest BCUT2D eigenvalue weighted by atomic mass is 32.1. The normalized spacial score (nSPS) is 19.2. The summed E-state index contributed by atoms with van der Waals surface area (Å²) in [6.45, 7) is 6.33. The molecule has 2 rings (SSSR count). The van der Waals surface area contributed by atoms with Crippen LogP contribution in [0.4, 0.5) is 10.1 Å². The van der Waals surface area contributed by atoms with E-state index in [1.807, 2.05) is 17.9 Å². The van der Waals surface area contributed by atoms with Gasteiger partial charge in [-0.05, 0) is 30.5 Å². The van der Waals surface area contributed by atoms with Crippen LogP contribution in [-0.4, -0.2) is 4.99 Å². The molecule has 1 aromatic carbocycles. The molecule has 0 N–H and O–H groups in total. The number of anilines is 1. The molecule has 17 heavy (non-hydrogen) atoms. The minimum atomic E-state index is -0.233. The molecule has 0 amide bonds. The highest BCUT2D eigenvalue weighted by Gasteiger charge is 2.28. The van der Waals surface area contributed by atoms with Gasteiger partial charge in [0, 0.05) is 17.8 Å². The van der Waals surface area contributed by atoms with E-state index < -0.39 is 0 Å². The highest BCUT2D eigenvalue weighted by Crippen LogP contribution is 2.35. The van der Waals surface area contributed by atoms with Crippen LogP contribution in [0.25, 0.3) is 0 Å². The molecule has 90 valence electrons. The van der Waals surface area contributed by atoms with Crippen molar-refractivity contribution in [2.75, 3.05) is 4.90 Å². The number of benzene rings is 1. The Morgan fingerprint density at radius 3 is 2.65 bits per heavy atom. The molecule has 1 aromatic rings. The van der Waals surface area contributed by atoms with Crippen LogP contribution in [-0.2, 0) is 0 Å². The molecule has 0 aliphatic carbocycles. The van der Waals surface area contributed by atoms with Crippen molar-refractivity contribution >= 4 is 22.9 Å². The Hall–Kier alpha value is -1.22. The van der Waals surface area contributed by atoms with Crippen LogP contribution in [0.3, 0.4) is 0 Å². The van der Waals surface area contributed by atoms with E-state index in [0.29, 0.717) is 0 Å². The van der Waals surface area contributed by atoms with Crippen LogP contribution in [0, 0.1) is 11.2 Å². The molecule has 0 radical (unpaired) electrons. The first kappa shape index (κ1) is 12.2. The summed E-state index contributed by atoms with van der Waals surface area (Å²) in [6, 6.07) is 6.55. The molecular formula is C14H16FNS. The van der Waals surface area contributed by atoms with Crippen molar-refractivity contribution in [3.05, 3.63) is 41.9 Å². The van der Waals surface area contributed by atoms with E-state index in [9.17, 15) is 4.39 Å². The van der Waals surface area contributed by atoms with E-state index in [4.69, 9.17) is 12.2 Å². The maximum absolute atomic E-state index is 13.2. The average molecular weight is 249 g/mol. The smallest absolute Gasteiger partial charge is 0.125 e. The molecule has 3 heteroatoms. The van der Waals surface area contributed by atoms with Gasteiger partial charge in [-0.1, -0.05) is 38.2 Å². The van der Waals surface area contributed by atoms with Gasteiger partial charge < -0.3 is 4.90 Å². The Kier molecular flexibility index (Phi) is 3.04. The van der Waals surface area contributed by atoms with Crippen molar-refractivity contribution in [1.29, 1.82) is 0 Å². The molecule has 0 bridgehead atoms. The quantitative estimate of drug-likeness (QED) is 0.683. The lowest BCUT2D eigenvalue weighted by molar-refractivity contribution is 0.490. The molecule has 0 saturated heterocycles. The zero-order valence-corrected chi connectivity index (χ0v) is 11.1. The SMILES string of the molecule is CC1=CC(C)(C)CC(=S)N1c1cccc(F)c1. The summed E-state index contributed by atoms with van der Waals surface area (Å²) >= 11 is 5.44. The number of rotatable bonds is 1. The van der Waals surface area contributed by atoms with E-state index >= 15 is 0 Å². The maximum atomic E-state index is 13.2. The fourth-order valence-corrected chi connectivity index (χ4v) is 2.93. The van der Waals surface area contributed by atoms with Gasteiger partial charge in [-0.2, -0.15) is 0 Å². The van der Waals surface area contributed by atoms with Crippen LogP contribution in [0.2, 0.25) is 0 Å². The van der Waals surface area contributed by atoms with Gasteiger partial charge in [0.1, 0.15) is 5.82 Å². The lowest BCUT2D eigenvalue weighted by Gasteiger charge is -2.36. The van der Waals surface area contributed by atoms with Crippen molar-refractivity contribution in [2.24, 2.45) is 5.41 Å². The van der Waals surface area contributed by atoms with Crippen molar-refractivity contribution < 1.29 is 4.39 Å². The fourth-order valence-electron chi connectivity index (χ4n) is 2.31. The minimum absolute atomic E-state index is 0.0883. The molecule has 0 unspecified atom stereocenters. The van der Waals surface area contributed by atoms with Crippen LogP contribution in [0.5, 0.6) is 0 Å². The Morgan fingerprint density at radius 1 is 1.35 bits per heavy atom. The number of thiocarbonyl (C=S) groups is 1. The molecule has 0 saturated carbocycles. The van der Waals surface area contributed by atoms with Gasteiger partial charge in [0.15, 0.2) is 0 Å². The van der Waals surface area contributed by atoms with Crippen LogP contribution >= 0.6 is 12.2 Å². The van der Waals surface area contributed by atoms with Gasteiger partial charge in [0.25, 0.3) is 0 Å². The Labute approximate surface area is 107 Å². The van der Waals surface area contributed by atoms with E-state index in [1.54, 1.807) is 6.07 Å². The second kappa shape index (κ2) is 4.22. The summed E-state index contributed by atoms with van der Waals surface area (Å²) < 4.78 is 13.2. The molecule has 1 aliphatic rings. The first-order valence-electron chi connectivity index (χ1n) is 5.67. The van der Waals surface area contributed by atoms with E-state index in [2.05, 4.69) is 19.9 Å². The minimum Gasteiger partial charge on any atom is -0.309 e. The monoisotopic (exact) mass is 249 g/mol. The highest BCUT2D eigenvalue weighted by molar-refractivity contribution is 7.80. The van der Waals surface area contributed by atoms with E-state index in [1.165, 1.54) is 12.1 Å². The largest absolute Gasteiger partial charge is 0.309 e. The summed E-state index contributed by atoms with van der Waals surface area (Å²) in [5.74, 6) is -0.233. The number of allylic oxidation sites excluding steroid dienone is 2. The van der Waals surface area contributed by atoms with Gasteiger partial charge in [0.2, 0.25) is 0 Å². The topological polar surface area (TPSA) is 3.24 Å². The fraction of sp³-hybridized carbons (Fsp3) is 0.357. The second-order valence-electron chi connectivity index (χ2n) is 5.16. The van der Waals surface area contributed by atoms with Crippen molar-refractivity contribution in [3.8, 4) is 0 Å². The number of hydrogen-bond donors (Lipinski definition) is 0. The lowest BCUT2D eigenvalue weighted by atomic mass is 9.85. The van der Waals surface area contributed by atoms with Gasteiger partial charge in [-0.3, -0.25) is 0 Å². The maximum Gasteiger partial charge on any atom is 0.125 e. The summed E-state index contributed by atoms with van der Waals surface area (Å²) in [5.41, 5.74) is 1.96. The summed E-state index contributed by atoms with van der Waals surface area (Å²) in [5, 5.41) is 0. The van der Waals surface area contributed by atoms with Crippen molar-refractivity contribution in [1.82, 2.24) is 0 Å². The number of halogens is 1. The Morgan fingerprint density at radius 2 is 2.06 bits per heavy atom. The summed E-state index contributed by atoms with van der Waals surface area (Å²) in [7, 11) is 0. The number of hydrogen-bond acceptors (Lipinski definition) is 1. The zero-order chi connectivity index (χ0) is 12.6. The number of nitrogens with zero attached hydrogens (tertiary/aromatic N) is 1. The van der Waals surface area contributed by atoms with Gasteiger partial charge in [0.05, 0.1) is 4.99 Å². The molecule has 1 heterocycles. The third kappa shape index (κ3) is 2.55. The van der Waals surface area contributed by atoms with Gasteiger partial charge >= 0.3 is 0 Å². The Balaban J connectivity index is 2.43.